The average Bonchev–Trinajstić information content (AvgIpc) is 2.80. The Balaban J connectivity index is 2.01. The topological polar surface area (TPSA) is 43.4 Å². The van der Waals surface area contributed by atoms with Crippen LogP contribution in [-0.4, -0.2) is 5.97 Å². The van der Waals surface area contributed by atoms with Crippen molar-refractivity contribution in [1.82, 2.24) is 0 Å². The standard InChI is InChI=1S/C26H21O3P/c1-20(27)29-25-18-10-8-16-23(25)24-17-9-11-19-26(24)30(28,21-12-4-2-5-13-21)22-14-6-3-7-15-22/h2-19H,1H3. The lowest BCUT2D eigenvalue weighted by Gasteiger charge is -2.23. The fraction of sp³-hybridized carbons (Fsp3) is 0.0385. The van der Waals surface area contributed by atoms with Crippen LogP contribution in [0.3, 0.4) is 0 Å². The van der Waals surface area contributed by atoms with Gasteiger partial charge in [0.05, 0.1) is 0 Å². The molecule has 0 heterocycles. The van der Waals surface area contributed by atoms with Gasteiger partial charge in [-0.2, -0.15) is 0 Å². The van der Waals surface area contributed by atoms with Crippen LogP contribution in [-0.2, 0) is 9.36 Å². The summed E-state index contributed by atoms with van der Waals surface area (Å²) in [5.74, 6) is 0.0550. The summed E-state index contributed by atoms with van der Waals surface area (Å²) >= 11 is 0. The van der Waals surface area contributed by atoms with E-state index in [2.05, 4.69) is 0 Å². The lowest BCUT2D eigenvalue weighted by molar-refractivity contribution is -0.131. The molecule has 0 bridgehead atoms. The molecular weight excluding hydrogens is 391 g/mol. The van der Waals surface area contributed by atoms with Crippen LogP contribution in [0.25, 0.3) is 11.1 Å². The van der Waals surface area contributed by atoms with E-state index < -0.39 is 13.1 Å². The summed E-state index contributed by atoms with van der Waals surface area (Å²) in [5, 5.41) is 2.23. The van der Waals surface area contributed by atoms with E-state index in [4.69, 9.17) is 4.74 Å². The van der Waals surface area contributed by atoms with Crippen molar-refractivity contribution >= 4 is 29.0 Å². The van der Waals surface area contributed by atoms with E-state index >= 15 is 0 Å². The molecule has 4 rings (SSSR count). The van der Waals surface area contributed by atoms with Gasteiger partial charge in [0.1, 0.15) is 5.75 Å². The predicted octanol–water partition coefficient (Wildman–Crippen LogP) is 4.92. The van der Waals surface area contributed by atoms with E-state index in [1.165, 1.54) is 6.92 Å². The summed E-state index contributed by atoms with van der Waals surface area (Å²) in [6, 6.07) is 34.0. The monoisotopic (exact) mass is 412 g/mol. The Bertz CT molecular complexity index is 1170. The number of carbonyl (C=O) groups excluding carboxylic acids is 1. The fourth-order valence-corrected chi connectivity index (χ4v) is 6.48. The van der Waals surface area contributed by atoms with Crippen LogP contribution < -0.4 is 20.7 Å². The molecule has 4 heteroatoms. The zero-order valence-corrected chi connectivity index (χ0v) is 17.5. The van der Waals surface area contributed by atoms with E-state index in [1.807, 2.05) is 103 Å². The van der Waals surface area contributed by atoms with Gasteiger partial charge < -0.3 is 9.30 Å². The zero-order valence-electron chi connectivity index (χ0n) is 16.6. The zero-order chi connectivity index (χ0) is 21.0. The number of ether oxygens (including phenoxy) is 1. The molecule has 0 fully saturated rings. The van der Waals surface area contributed by atoms with Crippen molar-refractivity contribution < 1.29 is 14.1 Å². The molecule has 0 aliphatic rings. The van der Waals surface area contributed by atoms with Gasteiger partial charge in [-0.25, -0.2) is 0 Å². The van der Waals surface area contributed by atoms with Gasteiger partial charge >= 0.3 is 5.97 Å². The largest absolute Gasteiger partial charge is 0.426 e. The maximum Gasteiger partial charge on any atom is 0.308 e. The Hall–Kier alpha value is -3.42. The molecule has 3 nitrogen and oxygen atoms in total. The van der Waals surface area contributed by atoms with Gasteiger partial charge in [-0.3, -0.25) is 4.79 Å². The third-order valence-corrected chi connectivity index (χ3v) is 8.03. The van der Waals surface area contributed by atoms with Gasteiger partial charge in [-0.05, 0) is 11.6 Å². The van der Waals surface area contributed by atoms with Crippen molar-refractivity contribution in [3.8, 4) is 16.9 Å². The van der Waals surface area contributed by atoms with Gasteiger partial charge in [0.25, 0.3) is 0 Å². The van der Waals surface area contributed by atoms with Crippen LogP contribution in [0.1, 0.15) is 6.92 Å². The SMILES string of the molecule is CC(=O)Oc1ccccc1-c1ccccc1P(=O)(c1ccccc1)c1ccccc1. The van der Waals surface area contributed by atoms with E-state index in [1.54, 1.807) is 6.07 Å². The quantitative estimate of drug-likeness (QED) is 0.266. The molecule has 0 amide bonds. The number of esters is 1. The molecule has 0 aliphatic heterocycles. The minimum absolute atomic E-state index is 0.394. The highest BCUT2D eigenvalue weighted by Gasteiger charge is 2.32. The highest BCUT2D eigenvalue weighted by molar-refractivity contribution is 7.85. The van der Waals surface area contributed by atoms with E-state index in [0.717, 1.165) is 21.7 Å². The molecule has 4 aromatic rings. The van der Waals surface area contributed by atoms with Gasteiger partial charge in [0.15, 0.2) is 7.14 Å². The Labute approximate surface area is 176 Å². The average molecular weight is 412 g/mol. The maximum atomic E-state index is 14.8. The maximum absolute atomic E-state index is 14.8. The molecule has 0 spiro atoms. The Kier molecular flexibility index (Phi) is 5.65. The Morgan fingerprint density at radius 3 is 1.67 bits per heavy atom. The molecule has 0 saturated heterocycles. The molecule has 4 aromatic carbocycles. The summed E-state index contributed by atoms with van der Waals surface area (Å²) in [5.41, 5.74) is 1.51. The van der Waals surface area contributed by atoms with Crippen LogP contribution in [0.2, 0.25) is 0 Å². The van der Waals surface area contributed by atoms with Gasteiger partial charge in [0.2, 0.25) is 0 Å². The van der Waals surface area contributed by atoms with Crippen LogP contribution >= 0.6 is 7.14 Å². The fourth-order valence-electron chi connectivity index (χ4n) is 3.61. The lowest BCUT2D eigenvalue weighted by Crippen LogP contribution is -2.26. The third kappa shape index (κ3) is 3.72. The first-order valence-corrected chi connectivity index (χ1v) is 11.4. The molecular formula is C26H21O3P. The number of carbonyl (C=O) groups is 1. The number of para-hydroxylation sites is 1. The molecule has 0 saturated carbocycles. The van der Waals surface area contributed by atoms with Crippen LogP contribution in [0.15, 0.2) is 109 Å². The van der Waals surface area contributed by atoms with Crippen LogP contribution in [0.4, 0.5) is 0 Å². The number of hydrogen-bond donors (Lipinski definition) is 0. The molecule has 0 N–H and O–H groups in total. The second kappa shape index (κ2) is 8.52. The second-order valence-corrected chi connectivity index (χ2v) is 9.62. The van der Waals surface area contributed by atoms with Crippen molar-refractivity contribution in [1.29, 1.82) is 0 Å². The van der Waals surface area contributed by atoms with E-state index in [-0.39, 0.29) is 0 Å². The van der Waals surface area contributed by atoms with Gasteiger partial charge in [-0.1, -0.05) is 103 Å². The molecule has 30 heavy (non-hydrogen) atoms. The first-order chi connectivity index (χ1) is 14.6. The molecule has 0 unspecified atom stereocenters. The number of hydrogen-bond acceptors (Lipinski definition) is 3. The third-order valence-electron chi connectivity index (χ3n) is 4.91. The second-order valence-electron chi connectivity index (χ2n) is 6.89. The molecule has 0 radical (unpaired) electrons. The summed E-state index contributed by atoms with van der Waals surface area (Å²) in [7, 11) is -3.17. The van der Waals surface area contributed by atoms with Gasteiger partial charge in [-0.15, -0.1) is 0 Å². The first-order valence-electron chi connectivity index (χ1n) is 9.69. The van der Waals surface area contributed by atoms with Crippen LogP contribution in [0.5, 0.6) is 5.75 Å². The van der Waals surface area contributed by atoms with Crippen molar-refractivity contribution in [2.45, 2.75) is 6.92 Å². The predicted molar refractivity (Wildman–Crippen MR) is 123 cm³/mol. The molecule has 0 aliphatic carbocycles. The van der Waals surface area contributed by atoms with Crippen molar-refractivity contribution in [3.63, 3.8) is 0 Å². The Morgan fingerprint density at radius 1 is 0.633 bits per heavy atom. The lowest BCUT2D eigenvalue weighted by atomic mass is 10.0. The van der Waals surface area contributed by atoms with Crippen molar-refractivity contribution in [2.75, 3.05) is 0 Å². The molecule has 0 atom stereocenters. The smallest absolute Gasteiger partial charge is 0.308 e. The number of rotatable bonds is 5. The Morgan fingerprint density at radius 2 is 1.10 bits per heavy atom. The van der Waals surface area contributed by atoms with Crippen molar-refractivity contribution in [3.05, 3.63) is 109 Å². The summed E-state index contributed by atoms with van der Waals surface area (Å²) in [4.78, 5) is 11.6. The highest BCUT2D eigenvalue weighted by Crippen LogP contribution is 2.46. The summed E-state index contributed by atoms with van der Waals surface area (Å²) < 4.78 is 20.3. The molecule has 0 aromatic heterocycles. The van der Waals surface area contributed by atoms with Crippen LogP contribution in [0, 0.1) is 0 Å². The van der Waals surface area contributed by atoms with E-state index in [0.29, 0.717) is 11.1 Å². The first kappa shape index (κ1) is 19.9. The minimum Gasteiger partial charge on any atom is -0.426 e. The normalized spacial score (nSPS) is 11.1. The van der Waals surface area contributed by atoms with Crippen molar-refractivity contribution in [2.24, 2.45) is 0 Å². The minimum atomic E-state index is -3.17. The molecule has 148 valence electrons. The van der Waals surface area contributed by atoms with Gasteiger partial charge in [0, 0.05) is 28.4 Å². The summed E-state index contributed by atoms with van der Waals surface area (Å²) in [6.45, 7) is 1.38. The summed E-state index contributed by atoms with van der Waals surface area (Å²) in [6.07, 6.45) is 0. The number of benzene rings is 4. The highest BCUT2D eigenvalue weighted by atomic mass is 31.2. The van der Waals surface area contributed by atoms with E-state index in [9.17, 15) is 9.36 Å².